The molecule has 1 aromatic heterocycles. The fourth-order valence-corrected chi connectivity index (χ4v) is 3.26. The van der Waals surface area contributed by atoms with E-state index in [0.29, 0.717) is 0 Å². The minimum absolute atomic E-state index is 0.202. The summed E-state index contributed by atoms with van der Waals surface area (Å²) < 4.78 is 0. The smallest absolute Gasteiger partial charge is 0.0705 e. The molecule has 1 heterocycles. The molecule has 0 spiro atoms. The molecule has 1 nitrogen and oxygen atoms in total. The quantitative estimate of drug-likeness (QED) is 0.454. The summed E-state index contributed by atoms with van der Waals surface area (Å²) in [4.78, 5) is 4.58. The Kier molecular flexibility index (Phi) is 4.38. The van der Waals surface area contributed by atoms with Crippen LogP contribution in [0.25, 0.3) is 11.3 Å². The molecule has 0 aliphatic carbocycles. The van der Waals surface area contributed by atoms with Crippen LogP contribution in [0.2, 0.25) is 0 Å². The van der Waals surface area contributed by atoms with Gasteiger partial charge in [-0.1, -0.05) is 91.0 Å². The third kappa shape index (κ3) is 3.36. The standard InChI is InChI=1S/C24H19N/c1-4-10-19(11-5-1)23-18-22(16-17-25-23)24(20-12-6-2-7-13-20)21-14-8-3-9-15-21/h1-18,24H. The zero-order chi connectivity index (χ0) is 16.9. The Morgan fingerprint density at radius 1 is 0.520 bits per heavy atom. The molecular weight excluding hydrogens is 302 g/mol. The van der Waals surface area contributed by atoms with Crippen molar-refractivity contribution < 1.29 is 0 Å². The van der Waals surface area contributed by atoms with Crippen molar-refractivity contribution in [2.24, 2.45) is 0 Å². The first-order valence-corrected chi connectivity index (χ1v) is 8.53. The van der Waals surface area contributed by atoms with Crippen molar-refractivity contribution in [1.82, 2.24) is 4.98 Å². The van der Waals surface area contributed by atoms with Crippen molar-refractivity contribution in [3.8, 4) is 11.3 Å². The van der Waals surface area contributed by atoms with Crippen molar-refractivity contribution in [2.75, 3.05) is 0 Å². The highest BCUT2D eigenvalue weighted by Gasteiger charge is 2.17. The molecule has 0 saturated carbocycles. The lowest BCUT2D eigenvalue weighted by molar-refractivity contribution is 0.972. The van der Waals surface area contributed by atoms with E-state index in [1.54, 1.807) is 0 Å². The fourth-order valence-electron chi connectivity index (χ4n) is 3.26. The Morgan fingerprint density at radius 2 is 1.04 bits per heavy atom. The minimum Gasteiger partial charge on any atom is -0.256 e. The van der Waals surface area contributed by atoms with E-state index >= 15 is 0 Å². The molecule has 0 aliphatic rings. The van der Waals surface area contributed by atoms with E-state index in [2.05, 4.69) is 102 Å². The van der Waals surface area contributed by atoms with E-state index in [0.717, 1.165) is 11.3 Å². The summed E-state index contributed by atoms with van der Waals surface area (Å²) in [5, 5.41) is 0. The summed E-state index contributed by atoms with van der Waals surface area (Å²) in [7, 11) is 0. The summed E-state index contributed by atoms with van der Waals surface area (Å²) in [6.07, 6.45) is 1.91. The molecule has 4 aromatic rings. The van der Waals surface area contributed by atoms with Crippen LogP contribution in [0.15, 0.2) is 109 Å². The maximum absolute atomic E-state index is 4.58. The molecule has 4 rings (SSSR count). The second-order valence-corrected chi connectivity index (χ2v) is 6.09. The number of rotatable bonds is 4. The Balaban J connectivity index is 1.83. The number of aromatic nitrogens is 1. The molecule has 0 N–H and O–H groups in total. The summed E-state index contributed by atoms with van der Waals surface area (Å²) in [5.74, 6) is 0.202. The third-order valence-corrected chi connectivity index (χ3v) is 4.45. The summed E-state index contributed by atoms with van der Waals surface area (Å²) in [6.45, 7) is 0. The van der Waals surface area contributed by atoms with Gasteiger partial charge in [0.2, 0.25) is 0 Å². The average Bonchev–Trinajstić information content (AvgIpc) is 2.71. The van der Waals surface area contributed by atoms with Crippen molar-refractivity contribution >= 4 is 0 Å². The van der Waals surface area contributed by atoms with Crippen molar-refractivity contribution in [1.29, 1.82) is 0 Å². The van der Waals surface area contributed by atoms with Gasteiger partial charge in [0.1, 0.15) is 0 Å². The topological polar surface area (TPSA) is 12.9 Å². The molecule has 0 fully saturated rings. The van der Waals surface area contributed by atoms with Gasteiger partial charge in [0.25, 0.3) is 0 Å². The van der Waals surface area contributed by atoms with Crippen LogP contribution >= 0.6 is 0 Å². The van der Waals surface area contributed by atoms with Crippen LogP contribution in [0.1, 0.15) is 22.6 Å². The fraction of sp³-hybridized carbons (Fsp3) is 0.0417. The molecule has 0 atom stereocenters. The minimum atomic E-state index is 0.202. The van der Waals surface area contributed by atoms with E-state index in [1.807, 2.05) is 12.3 Å². The molecule has 120 valence electrons. The second kappa shape index (κ2) is 7.14. The average molecular weight is 321 g/mol. The molecule has 0 saturated heterocycles. The molecule has 0 bridgehead atoms. The Hall–Kier alpha value is -3.19. The van der Waals surface area contributed by atoms with Gasteiger partial charge in [-0.05, 0) is 28.8 Å². The zero-order valence-corrected chi connectivity index (χ0v) is 13.9. The number of benzene rings is 3. The molecule has 0 radical (unpaired) electrons. The predicted octanol–water partition coefficient (Wildman–Crippen LogP) is 5.93. The van der Waals surface area contributed by atoms with Crippen molar-refractivity contribution in [2.45, 2.75) is 5.92 Å². The van der Waals surface area contributed by atoms with Crippen LogP contribution in [0.5, 0.6) is 0 Å². The Labute approximate surface area is 148 Å². The number of hydrogen-bond acceptors (Lipinski definition) is 1. The van der Waals surface area contributed by atoms with Gasteiger partial charge in [-0.2, -0.15) is 0 Å². The van der Waals surface area contributed by atoms with Gasteiger partial charge in [-0.3, -0.25) is 4.98 Å². The first-order chi connectivity index (χ1) is 12.4. The monoisotopic (exact) mass is 321 g/mol. The van der Waals surface area contributed by atoms with E-state index in [1.165, 1.54) is 16.7 Å². The molecule has 0 amide bonds. The Bertz CT molecular complexity index is 892. The first kappa shape index (κ1) is 15.3. The van der Waals surface area contributed by atoms with Gasteiger partial charge in [0.15, 0.2) is 0 Å². The Morgan fingerprint density at radius 3 is 1.60 bits per heavy atom. The molecule has 0 unspecified atom stereocenters. The van der Waals surface area contributed by atoms with Gasteiger partial charge in [-0.25, -0.2) is 0 Å². The summed E-state index contributed by atoms with van der Waals surface area (Å²) >= 11 is 0. The SMILES string of the molecule is c1ccc(-c2cc(C(c3ccccc3)c3ccccc3)ccn2)cc1. The van der Waals surface area contributed by atoms with Gasteiger partial charge >= 0.3 is 0 Å². The third-order valence-electron chi connectivity index (χ3n) is 4.45. The van der Waals surface area contributed by atoms with E-state index in [-0.39, 0.29) is 5.92 Å². The van der Waals surface area contributed by atoms with Gasteiger partial charge in [-0.15, -0.1) is 0 Å². The maximum atomic E-state index is 4.58. The van der Waals surface area contributed by atoms with Gasteiger partial charge < -0.3 is 0 Å². The zero-order valence-electron chi connectivity index (χ0n) is 13.9. The van der Waals surface area contributed by atoms with E-state index in [9.17, 15) is 0 Å². The first-order valence-electron chi connectivity index (χ1n) is 8.53. The predicted molar refractivity (Wildman–Crippen MR) is 104 cm³/mol. The molecule has 25 heavy (non-hydrogen) atoms. The van der Waals surface area contributed by atoms with Crippen LogP contribution in [0, 0.1) is 0 Å². The highest BCUT2D eigenvalue weighted by Crippen LogP contribution is 2.33. The number of pyridine rings is 1. The highest BCUT2D eigenvalue weighted by atomic mass is 14.7. The highest BCUT2D eigenvalue weighted by molar-refractivity contribution is 5.60. The van der Waals surface area contributed by atoms with Crippen LogP contribution in [-0.2, 0) is 0 Å². The number of nitrogens with zero attached hydrogens (tertiary/aromatic N) is 1. The van der Waals surface area contributed by atoms with Crippen molar-refractivity contribution in [3.63, 3.8) is 0 Å². The van der Waals surface area contributed by atoms with Crippen LogP contribution in [-0.4, -0.2) is 4.98 Å². The summed E-state index contributed by atoms with van der Waals surface area (Å²) in [6, 6.07) is 36.0. The maximum Gasteiger partial charge on any atom is 0.0705 e. The largest absolute Gasteiger partial charge is 0.256 e. The number of hydrogen-bond donors (Lipinski definition) is 0. The van der Waals surface area contributed by atoms with Crippen LogP contribution in [0.4, 0.5) is 0 Å². The lowest BCUT2D eigenvalue weighted by atomic mass is 9.85. The second-order valence-electron chi connectivity index (χ2n) is 6.09. The van der Waals surface area contributed by atoms with Crippen LogP contribution < -0.4 is 0 Å². The lowest BCUT2D eigenvalue weighted by Crippen LogP contribution is -2.04. The van der Waals surface area contributed by atoms with Gasteiger partial charge in [0.05, 0.1) is 5.69 Å². The molecule has 1 heteroatoms. The molecular formula is C24H19N. The summed E-state index contributed by atoms with van der Waals surface area (Å²) in [5.41, 5.74) is 5.99. The normalized spacial score (nSPS) is 10.8. The molecule has 3 aromatic carbocycles. The van der Waals surface area contributed by atoms with Crippen LogP contribution in [0.3, 0.4) is 0 Å². The molecule has 0 aliphatic heterocycles. The van der Waals surface area contributed by atoms with Crippen molar-refractivity contribution in [3.05, 3.63) is 126 Å². The van der Waals surface area contributed by atoms with Gasteiger partial charge in [0, 0.05) is 17.7 Å². The van der Waals surface area contributed by atoms with E-state index in [4.69, 9.17) is 0 Å². The lowest BCUT2D eigenvalue weighted by Gasteiger charge is -2.19. The van der Waals surface area contributed by atoms with E-state index < -0.39 is 0 Å².